The molecule has 24 heavy (non-hydrogen) atoms. The highest BCUT2D eigenvalue weighted by Crippen LogP contribution is 2.33. The third-order valence-electron chi connectivity index (χ3n) is 3.83. The molecule has 5 heteroatoms. The lowest BCUT2D eigenvalue weighted by molar-refractivity contribution is -0.123. The van der Waals surface area contributed by atoms with Crippen LogP contribution in [0.4, 0.5) is 0 Å². The van der Waals surface area contributed by atoms with Crippen LogP contribution in [0.1, 0.15) is 11.1 Å². The van der Waals surface area contributed by atoms with Crippen LogP contribution in [0.3, 0.4) is 0 Å². The molecule has 1 aliphatic heterocycles. The number of rotatable bonds is 6. The topological polar surface area (TPSA) is 56.8 Å². The molecule has 0 unspecified atom stereocenters. The molecule has 2 aromatic rings. The van der Waals surface area contributed by atoms with Crippen LogP contribution in [0.25, 0.3) is 0 Å². The van der Waals surface area contributed by atoms with E-state index in [4.69, 9.17) is 14.2 Å². The molecule has 5 nitrogen and oxygen atoms in total. The van der Waals surface area contributed by atoms with Crippen molar-refractivity contribution in [3.8, 4) is 17.2 Å². The van der Waals surface area contributed by atoms with Crippen LogP contribution in [0.2, 0.25) is 0 Å². The molecule has 1 N–H and O–H groups in total. The average Bonchev–Trinajstić information content (AvgIpc) is 2.61. The molecule has 126 valence electrons. The first-order valence-electron chi connectivity index (χ1n) is 8.06. The summed E-state index contributed by atoms with van der Waals surface area (Å²) in [5, 5.41) is 2.87. The standard InChI is InChI=1S/C19H21NO4/c1-14-11-17-18(23-10-9-22-17)12-15(14)7-8-20-19(21)13-24-16-5-3-2-4-6-16/h2-6,11-12H,7-10,13H2,1H3,(H,20,21). The van der Waals surface area contributed by atoms with Crippen LogP contribution in [0.5, 0.6) is 17.2 Å². The zero-order chi connectivity index (χ0) is 16.8. The molecule has 0 fully saturated rings. The molecule has 3 rings (SSSR count). The average molecular weight is 327 g/mol. The predicted molar refractivity (Wildman–Crippen MR) is 90.8 cm³/mol. The van der Waals surface area contributed by atoms with Crippen molar-refractivity contribution in [2.45, 2.75) is 13.3 Å². The molecule has 0 saturated heterocycles. The zero-order valence-corrected chi connectivity index (χ0v) is 13.7. The second-order valence-corrected chi connectivity index (χ2v) is 5.62. The molecular formula is C19H21NO4. The summed E-state index contributed by atoms with van der Waals surface area (Å²) in [6.07, 6.45) is 0.736. The number of carbonyl (C=O) groups excluding carboxylic acids is 1. The van der Waals surface area contributed by atoms with E-state index in [1.54, 1.807) is 0 Å². The van der Waals surface area contributed by atoms with Crippen molar-refractivity contribution in [3.05, 3.63) is 53.6 Å². The highest BCUT2D eigenvalue weighted by Gasteiger charge is 2.14. The number of aryl methyl sites for hydroxylation is 1. The van der Waals surface area contributed by atoms with Crippen molar-refractivity contribution in [2.75, 3.05) is 26.4 Å². The van der Waals surface area contributed by atoms with Crippen molar-refractivity contribution in [1.82, 2.24) is 5.32 Å². The molecule has 0 saturated carbocycles. The van der Waals surface area contributed by atoms with Gasteiger partial charge in [0.2, 0.25) is 0 Å². The van der Waals surface area contributed by atoms with Gasteiger partial charge < -0.3 is 19.5 Å². The smallest absolute Gasteiger partial charge is 0.257 e. The molecule has 0 aliphatic carbocycles. The van der Waals surface area contributed by atoms with Gasteiger partial charge in [-0.05, 0) is 48.7 Å². The fourth-order valence-corrected chi connectivity index (χ4v) is 2.56. The number of para-hydroxylation sites is 1. The Hall–Kier alpha value is -2.69. The molecule has 1 amide bonds. The van der Waals surface area contributed by atoms with Crippen LogP contribution in [0, 0.1) is 6.92 Å². The van der Waals surface area contributed by atoms with E-state index in [1.807, 2.05) is 49.4 Å². The molecule has 1 aliphatic rings. The summed E-state index contributed by atoms with van der Waals surface area (Å²) in [5.74, 6) is 2.13. The summed E-state index contributed by atoms with van der Waals surface area (Å²) in [5.41, 5.74) is 2.28. The number of ether oxygens (including phenoxy) is 3. The minimum atomic E-state index is -0.131. The number of nitrogens with one attached hydrogen (secondary N) is 1. The molecule has 0 radical (unpaired) electrons. The van der Waals surface area contributed by atoms with Crippen LogP contribution < -0.4 is 19.5 Å². The van der Waals surface area contributed by atoms with Gasteiger partial charge in [-0.15, -0.1) is 0 Å². The van der Waals surface area contributed by atoms with Gasteiger partial charge in [0, 0.05) is 6.54 Å². The van der Waals surface area contributed by atoms with E-state index in [0.717, 1.165) is 29.0 Å². The van der Waals surface area contributed by atoms with Gasteiger partial charge in [0.15, 0.2) is 18.1 Å². The van der Waals surface area contributed by atoms with Gasteiger partial charge in [-0.1, -0.05) is 18.2 Å². The summed E-state index contributed by atoms with van der Waals surface area (Å²) in [6.45, 7) is 3.77. The van der Waals surface area contributed by atoms with Crippen LogP contribution in [-0.2, 0) is 11.2 Å². The van der Waals surface area contributed by atoms with E-state index in [9.17, 15) is 4.79 Å². The zero-order valence-electron chi connectivity index (χ0n) is 13.7. The lowest BCUT2D eigenvalue weighted by Crippen LogP contribution is -2.30. The maximum atomic E-state index is 11.8. The van der Waals surface area contributed by atoms with E-state index in [0.29, 0.717) is 25.5 Å². The van der Waals surface area contributed by atoms with E-state index < -0.39 is 0 Å². The number of amides is 1. The fraction of sp³-hybridized carbons (Fsp3) is 0.316. The first-order valence-corrected chi connectivity index (χ1v) is 8.06. The van der Waals surface area contributed by atoms with Gasteiger partial charge in [0.1, 0.15) is 19.0 Å². The maximum Gasteiger partial charge on any atom is 0.257 e. The monoisotopic (exact) mass is 327 g/mol. The number of benzene rings is 2. The highest BCUT2D eigenvalue weighted by atomic mass is 16.6. The van der Waals surface area contributed by atoms with E-state index in [1.165, 1.54) is 0 Å². The van der Waals surface area contributed by atoms with Crippen molar-refractivity contribution in [2.24, 2.45) is 0 Å². The summed E-state index contributed by atoms with van der Waals surface area (Å²) < 4.78 is 16.6. The third kappa shape index (κ3) is 4.19. The summed E-state index contributed by atoms with van der Waals surface area (Å²) in [6, 6.07) is 13.3. The van der Waals surface area contributed by atoms with Crippen LogP contribution in [0.15, 0.2) is 42.5 Å². The van der Waals surface area contributed by atoms with Crippen LogP contribution in [-0.4, -0.2) is 32.3 Å². The molecule has 1 heterocycles. The number of fused-ring (bicyclic) bond motifs is 1. The van der Waals surface area contributed by atoms with Gasteiger partial charge in [0.25, 0.3) is 5.91 Å². The van der Waals surface area contributed by atoms with E-state index in [-0.39, 0.29) is 12.5 Å². The predicted octanol–water partition coefficient (Wildman–Crippen LogP) is 2.50. The normalized spacial score (nSPS) is 12.5. The molecule has 0 spiro atoms. The van der Waals surface area contributed by atoms with Crippen molar-refractivity contribution in [3.63, 3.8) is 0 Å². The van der Waals surface area contributed by atoms with Gasteiger partial charge in [-0.2, -0.15) is 0 Å². The summed E-state index contributed by atoms with van der Waals surface area (Å²) >= 11 is 0. The number of carbonyl (C=O) groups is 1. The van der Waals surface area contributed by atoms with Gasteiger partial charge in [-0.3, -0.25) is 4.79 Å². The van der Waals surface area contributed by atoms with Crippen molar-refractivity contribution < 1.29 is 19.0 Å². The molecular weight excluding hydrogens is 306 g/mol. The number of hydrogen-bond donors (Lipinski definition) is 1. The third-order valence-corrected chi connectivity index (χ3v) is 3.83. The van der Waals surface area contributed by atoms with Gasteiger partial charge in [0.05, 0.1) is 0 Å². The Morgan fingerprint density at radius 2 is 1.83 bits per heavy atom. The minimum Gasteiger partial charge on any atom is -0.486 e. The Balaban J connectivity index is 1.47. The minimum absolute atomic E-state index is 0.0180. The molecule has 0 atom stereocenters. The Kier molecular flexibility index (Phi) is 5.21. The summed E-state index contributed by atoms with van der Waals surface area (Å²) in [4.78, 5) is 11.8. The van der Waals surface area contributed by atoms with Crippen LogP contribution >= 0.6 is 0 Å². The molecule has 0 bridgehead atoms. The largest absolute Gasteiger partial charge is 0.486 e. The Bertz CT molecular complexity index is 700. The first kappa shape index (κ1) is 16.2. The SMILES string of the molecule is Cc1cc2c(cc1CCNC(=O)COc1ccccc1)OCCO2. The lowest BCUT2D eigenvalue weighted by Gasteiger charge is -2.20. The van der Waals surface area contributed by atoms with E-state index >= 15 is 0 Å². The lowest BCUT2D eigenvalue weighted by atomic mass is 10.0. The second kappa shape index (κ2) is 7.73. The number of hydrogen-bond acceptors (Lipinski definition) is 4. The van der Waals surface area contributed by atoms with E-state index in [2.05, 4.69) is 5.32 Å². The quantitative estimate of drug-likeness (QED) is 0.886. The second-order valence-electron chi connectivity index (χ2n) is 5.62. The van der Waals surface area contributed by atoms with Gasteiger partial charge in [-0.25, -0.2) is 0 Å². The fourth-order valence-electron chi connectivity index (χ4n) is 2.56. The molecule has 0 aromatic heterocycles. The highest BCUT2D eigenvalue weighted by molar-refractivity contribution is 5.77. The van der Waals surface area contributed by atoms with Gasteiger partial charge >= 0.3 is 0 Å². The van der Waals surface area contributed by atoms with Crippen molar-refractivity contribution in [1.29, 1.82) is 0 Å². The summed E-state index contributed by atoms with van der Waals surface area (Å²) in [7, 11) is 0. The first-order chi connectivity index (χ1) is 11.7. The maximum absolute atomic E-state index is 11.8. The molecule has 2 aromatic carbocycles. The Morgan fingerprint density at radius 3 is 2.58 bits per heavy atom. The Morgan fingerprint density at radius 1 is 1.12 bits per heavy atom. The van der Waals surface area contributed by atoms with Crippen molar-refractivity contribution >= 4 is 5.91 Å². The Labute approximate surface area is 141 Å².